The topological polar surface area (TPSA) is 38.7 Å². The van der Waals surface area contributed by atoms with E-state index in [1.54, 1.807) is 0 Å². The van der Waals surface area contributed by atoms with E-state index in [-0.39, 0.29) is 0 Å². The molecule has 48 heavy (non-hydrogen) atoms. The molecule has 0 bridgehead atoms. The maximum absolute atomic E-state index is 5.23. The summed E-state index contributed by atoms with van der Waals surface area (Å²) >= 11 is 0. The minimum absolute atomic E-state index is 0.639. The molecule has 0 aliphatic carbocycles. The first-order chi connectivity index (χ1) is 23.8. The summed E-state index contributed by atoms with van der Waals surface area (Å²) in [6.07, 6.45) is 0. The molecule has 0 saturated carbocycles. The molecule has 0 saturated heterocycles. The Morgan fingerprint density at radius 2 is 0.604 bits per heavy atom. The van der Waals surface area contributed by atoms with Crippen LogP contribution in [0.5, 0.6) is 0 Å². The molecule has 0 radical (unpaired) electrons. The Balaban J connectivity index is 1.31. The summed E-state index contributed by atoms with van der Waals surface area (Å²) in [5.74, 6) is 1.93. The standard InChI is InChI=1S/C45H29N3/c1-3-14-30(15-4-1)32-18-11-20-34(28-32)43-46-44(35-21-12-19-33(29-35)31-16-5-2-6-17-31)48-45(47-43)41-27-13-26-40-38-23-8-7-22-36(38)37-24-9-10-25-39(37)42(40)41/h1-29H. The normalized spacial score (nSPS) is 11.3. The van der Waals surface area contributed by atoms with Crippen molar-refractivity contribution in [2.75, 3.05) is 0 Å². The third-order valence-electron chi connectivity index (χ3n) is 9.10. The molecule has 0 aliphatic heterocycles. The predicted molar refractivity (Wildman–Crippen MR) is 200 cm³/mol. The van der Waals surface area contributed by atoms with Crippen molar-refractivity contribution in [3.63, 3.8) is 0 Å². The number of nitrogens with zero attached hydrogens (tertiary/aromatic N) is 3. The fourth-order valence-electron chi connectivity index (χ4n) is 6.83. The fourth-order valence-corrected chi connectivity index (χ4v) is 6.83. The quantitative estimate of drug-likeness (QED) is 0.182. The Morgan fingerprint density at radius 1 is 0.250 bits per heavy atom. The molecule has 0 atom stereocenters. The third-order valence-corrected chi connectivity index (χ3v) is 9.10. The highest BCUT2D eigenvalue weighted by atomic mass is 15.0. The Bertz CT molecular complexity index is 2460. The van der Waals surface area contributed by atoms with Crippen LogP contribution in [0.25, 0.3) is 88.7 Å². The first-order valence-corrected chi connectivity index (χ1v) is 16.2. The second kappa shape index (κ2) is 11.7. The summed E-state index contributed by atoms with van der Waals surface area (Å²) < 4.78 is 0. The van der Waals surface area contributed by atoms with Crippen LogP contribution >= 0.6 is 0 Å². The van der Waals surface area contributed by atoms with E-state index in [0.29, 0.717) is 17.5 Å². The van der Waals surface area contributed by atoms with Gasteiger partial charge >= 0.3 is 0 Å². The lowest BCUT2D eigenvalue weighted by atomic mass is 9.91. The summed E-state index contributed by atoms with van der Waals surface area (Å²) in [4.78, 5) is 15.6. The van der Waals surface area contributed by atoms with E-state index in [4.69, 9.17) is 15.0 Å². The highest BCUT2D eigenvalue weighted by Gasteiger charge is 2.18. The van der Waals surface area contributed by atoms with Gasteiger partial charge in [0.15, 0.2) is 17.5 Å². The number of benzene rings is 8. The highest BCUT2D eigenvalue weighted by Crippen LogP contribution is 2.40. The van der Waals surface area contributed by atoms with Gasteiger partial charge in [0, 0.05) is 22.1 Å². The molecule has 0 fully saturated rings. The van der Waals surface area contributed by atoms with Crippen molar-refractivity contribution >= 4 is 32.3 Å². The van der Waals surface area contributed by atoms with Crippen LogP contribution < -0.4 is 0 Å². The van der Waals surface area contributed by atoms with Gasteiger partial charge in [0.25, 0.3) is 0 Å². The van der Waals surface area contributed by atoms with Gasteiger partial charge in [-0.15, -0.1) is 0 Å². The Kier molecular flexibility index (Phi) is 6.80. The van der Waals surface area contributed by atoms with Gasteiger partial charge in [-0.05, 0) is 61.3 Å². The minimum atomic E-state index is 0.639. The number of hydrogen-bond acceptors (Lipinski definition) is 3. The molecule has 1 aromatic heterocycles. The van der Waals surface area contributed by atoms with Gasteiger partial charge in [-0.3, -0.25) is 0 Å². The van der Waals surface area contributed by atoms with Crippen LogP contribution in [0.3, 0.4) is 0 Å². The van der Waals surface area contributed by atoms with E-state index in [0.717, 1.165) is 44.3 Å². The number of rotatable bonds is 5. The van der Waals surface area contributed by atoms with Crippen molar-refractivity contribution in [3.05, 3.63) is 176 Å². The monoisotopic (exact) mass is 611 g/mol. The zero-order valence-corrected chi connectivity index (χ0v) is 26.1. The maximum Gasteiger partial charge on any atom is 0.164 e. The van der Waals surface area contributed by atoms with E-state index >= 15 is 0 Å². The summed E-state index contributed by atoms with van der Waals surface area (Å²) in [5.41, 5.74) is 7.40. The number of fused-ring (bicyclic) bond motifs is 6. The molecule has 9 aromatic rings. The predicted octanol–water partition coefficient (Wildman–Crippen LogP) is 11.7. The van der Waals surface area contributed by atoms with Gasteiger partial charge in [0.05, 0.1) is 0 Å². The van der Waals surface area contributed by atoms with Crippen LogP contribution in [0.15, 0.2) is 176 Å². The van der Waals surface area contributed by atoms with Crippen molar-refractivity contribution < 1.29 is 0 Å². The van der Waals surface area contributed by atoms with Crippen molar-refractivity contribution in [2.24, 2.45) is 0 Å². The van der Waals surface area contributed by atoms with E-state index in [9.17, 15) is 0 Å². The van der Waals surface area contributed by atoms with Gasteiger partial charge in [-0.25, -0.2) is 15.0 Å². The molecule has 224 valence electrons. The molecule has 0 spiro atoms. The fraction of sp³-hybridized carbons (Fsp3) is 0. The molecular weight excluding hydrogens is 583 g/mol. The SMILES string of the molecule is c1ccc(-c2cccc(-c3nc(-c4cccc(-c5ccccc5)c4)nc(-c4cccc5c6ccccc6c6ccccc6c45)n3)c2)cc1. The minimum Gasteiger partial charge on any atom is -0.208 e. The summed E-state index contributed by atoms with van der Waals surface area (Å²) in [7, 11) is 0. The van der Waals surface area contributed by atoms with Gasteiger partial charge < -0.3 is 0 Å². The molecule has 3 heteroatoms. The molecule has 0 aliphatic rings. The van der Waals surface area contributed by atoms with Crippen molar-refractivity contribution in [3.8, 4) is 56.4 Å². The van der Waals surface area contributed by atoms with Gasteiger partial charge in [-0.1, -0.05) is 164 Å². The van der Waals surface area contributed by atoms with E-state index in [2.05, 4.69) is 164 Å². The van der Waals surface area contributed by atoms with Gasteiger partial charge in [-0.2, -0.15) is 0 Å². The van der Waals surface area contributed by atoms with Crippen molar-refractivity contribution in [1.29, 1.82) is 0 Å². The molecule has 0 unspecified atom stereocenters. The second-order valence-electron chi connectivity index (χ2n) is 12.0. The van der Waals surface area contributed by atoms with Crippen LogP contribution in [0.2, 0.25) is 0 Å². The van der Waals surface area contributed by atoms with E-state index in [1.807, 2.05) is 12.1 Å². The average molecular weight is 612 g/mol. The Hall–Kier alpha value is -6.45. The van der Waals surface area contributed by atoms with Crippen LogP contribution in [-0.4, -0.2) is 15.0 Å². The van der Waals surface area contributed by atoms with E-state index < -0.39 is 0 Å². The molecule has 9 rings (SSSR count). The van der Waals surface area contributed by atoms with Crippen molar-refractivity contribution in [1.82, 2.24) is 15.0 Å². The van der Waals surface area contributed by atoms with Crippen LogP contribution in [0.4, 0.5) is 0 Å². The zero-order chi connectivity index (χ0) is 31.9. The van der Waals surface area contributed by atoms with Gasteiger partial charge in [0.2, 0.25) is 0 Å². The third kappa shape index (κ3) is 4.90. The molecule has 0 N–H and O–H groups in total. The largest absolute Gasteiger partial charge is 0.208 e. The molecule has 1 heterocycles. The lowest BCUT2D eigenvalue weighted by Crippen LogP contribution is -2.01. The molecule has 3 nitrogen and oxygen atoms in total. The summed E-state index contributed by atoms with van der Waals surface area (Å²) in [6.45, 7) is 0. The molecule has 8 aromatic carbocycles. The van der Waals surface area contributed by atoms with Crippen LogP contribution in [0.1, 0.15) is 0 Å². The van der Waals surface area contributed by atoms with Crippen molar-refractivity contribution in [2.45, 2.75) is 0 Å². The number of hydrogen-bond donors (Lipinski definition) is 0. The smallest absolute Gasteiger partial charge is 0.164 e. The average Bonchev–Trinajstić information content (AvgIpc) is 3.18. The lowest BCUT2D eigenvalue weighted by molar-refractivity contribution is 1.08. The molecular formula is C45H29N3. The van der Waals surface area contributed by atoms with Crippen LogP contribution in [0, 0.1) is 0 Å². The van der Waals surface area contributed by atoms with E-state index in [1.165, 1.54) is 26.9 Å². The Morgan fingerprint density at radius 3 is 1.12 bits per heavy atom. The number of aromatic nitrogens is 3. The highest BCUT2D eigenvalue weighted by molar-refractivity contribution is 6.28. The molecule has 0 amide bonds. The first-order valence-electron chi connectivity index (χ1n) is 16.2. The van der Waals surface area contributed by atoms with Crippen LogP contribution in [-0.2, 0) is 0 Å². The first kappa shape index (κ1) is 27.8. The summed E-state index contributed by atoms with van der Waals surface area (Å²) in [6, 6.07) is 61.6. The summed E-state index contributed by atoms with van der Waals surface area (Å²) in [5, 5.41) is 7.18. The van der Waals surface area contributed by atoms with Gasteiger partial charge in [0.1, 0.15) is 0 Å². The Labute approximate surface area is 278 Å². The lowest BCUT2D eigenvalue weighted by Gasteiger charge is -2.15. The second-order valence-corrected chi connectivity index (χ2v) is 12.0. The zero-order valence-electron chi connectivity index (χ0n) is 26.1. The maximum atomic E-state index is 5.23.